The summed E-state index contributed by atoms with van der Waals surface area (Å²) in [6, 6.07) is 8.50. The molecule has 0 amide bonds. The largest absolute Gasteiger partial charge is 0.369 e. The zero-order valence-corrected chi connectivity index (χ0v) is 14.5. The average Bonchev–Trinajstić information content (AvgIpc) is 2.36. The van der Waals surface area contributed by atoms with Crippen LogP contribution in [-0.2, 0) is 4.74 Å². The Kier molecular flexibility index (Phi) is 5.96. The van der Waals surface area contributed by atoms with Crippen molar-refractivity contribution in [3.63, 3.8) is 0 Å². The van der Waals surface area contributed by atoms with Gasteiger partial charge in [0.25, 0.3) is 0 Å². The third kappa shape index (κ3) is 4.20. The van der Waals surface area contributed by atoms with E-state index in [1.54, 1.807) is 0 Å². The van der Waals surface area contributed by atoms with Gasteiger partial charge in [-0.3, -0.25) is 0 Å². The van der Waals surface area contributed by atoms with Gasteiger partial charge >= 0.3 is 0 Å². The average molecular weight is 423 g/mol. The highest BCUT2D eigenvalue weighted by Gasteiger charge is 2.23. The molecule has 18 heavy (non-hydrogen) atoms. The first-order valence-electron chi connectivity index (χ1n) is 6.66. The van der Waals surface area contributed by atoms with Crippen molar-refractivity contribution in [2.45, 2.75) is 44.8 Å². The summed E-state index contributed by atoms with van der Waals surface area (Å²) in [6.07, 6.45) is 5.82. The van der Waals surface area contributed by atoms with Gasteiger partial charge in [-0.15, -0.1) is 0 Å². The number of alkyl halides is 1. The monoisotopic (exact) mass is 422 g/mol. The molecule has 1 aliphatic carbocycles. The fourth-order valence-corrected chi connectivity index (χ4v) is 3.78. The van der Waals surface area contributed by atoms with Crippen LogP contribution in [0.1, 0.15) is 44.3 Å². The maximum atomic E-state index is 6.32. The molecular weight excluding hydrogens is 403 g/mol. The molecule has 1 aliphatic rings. The van der Waals surface area contributed by atoms with E-state index in [9.17, 15) is 0 Å². The molecule has 3 unspecified atom stereocenters. The van der Waals surface area contributed by atoms with Crippen LogP contribution in [0.25, 0.3) is 0 Å². The van der Waals surface area contributed by atoms with Gasteiger partial charge in [0.15, 0.2) is 0 Å². The molecule has 3 heteroatoms. The summed E-state index contributed by atoms with van der Waals surface area (Å²) in [5.41, 5.74) is 1.29. The molecule has 0 bridgehead atoms. The zero-order chi connectivity index (χ0) is 13.0. The third-order valence-electron chi connectivity index (χ3n) is 3.61. The minimum absolute atomic E-state index is 0.235. The van der Waals surface area contributed by atoms with E-state index in [0.29, 0.717) is 6.10 Å². The van der Waals surface area contributed by atoms with Crippen molar-refractivity contribution in [1.82, 2.24) is 0 Å². The predicted molar refractivity (Wildman–Crippen MR) is 88.3 cm³/mol. The molecule has 0 spiro atoms. The van der Waals surface area contributed by atoms with Gasteiger partial charge in [-0.05, 0) is 36.5 Å². The minimum atomic E-state index is 0.235. The van der Waals surface area contributed by atoms with Gasteiger partial charge in [-0.25, -0.2) is 0 Å². The Balaban J connectivity index is 2.00. The molecule has 1 fully saturated rings. The summed E-state index contributed by atoms with van der Waals surface area (Å²) in [5.74, 6) is 0.820. The maximum Gasteiger partial charge on any atom is 0.0918 e. The van der Waals surface area contributed by atoms with Crippen LogP contribution in [0.5, 0.6) is 0 Å². The molecule has 0 N–H and O–H groups in total. The van der Waals surface area contributed by atoms with Gasteiger partial charge < -0.3 is 4.74 Å². The second-order valence-electron chi connectivity index (χ2n) is 5.23. The zero-order valence-electron chi connectivity index (χ0n) is 10.7. The summed E-state index contributed by atoms with van der Waals surface area (Å²) in [6.45, 7) is 2.34. The first-order chi connectivity index (χ1) is 8.69. The third-order valence-corrected chi connectivity index (χ3v) is 4.90. The Hall–Kier alpha value is 0.390. The van der Waals surface area contributed by atoms with E-state index in [-0.39, 0.29) is 6.10 Å². The second-order valence-corrected chi connectivity index (χ2v) is 7.02. The van der Waals surface area contributed by atoms with Crippen molar-refractivity contribution in [2.75, 3.05) is 4.43 Å². The number of rotatable bonds is 4. The van der Waals surface area contributed by atoms with Crippen LogP contribution in [0, 0.1) is 5.92 Å². The molecule has 3 atom stereocenters. The summed E-state index contributed by atoms with van der Waals surface area (Å²) in [5, 5.41) is 0. The molecule has 0 aromatic heterocycles. The van der Waals surface area contributed by atoms with Gasteiger partial charge in [0.2, 0.25) is 0 Å². The number of ether oxygens (including phenoxy) is 1. The number of halogens is 2. The van der Waals surface area contributed by atoms with Gasteiger partial charge in [0.05, 0.1) is 12.2 Å². The fourth-order valence-electron chi connectivity index (χ4n) is 2.65. The molecule has 0 radical (unpaired) electrons. The molecule has 1 nitrogen and oxygen atoms in total. The molecule has 100 valence electrons. The summed E-state index contributed by atoms with van der Waals surface area (Å²) in [7, 11) is 0. The quantitative estimate of drug-likeness (QED) is 0.458. The van der Waals surface area contributed by atoms with E-state index in [2.05, 4.69) is 69.7 Å². The molecule has 1 aromatic rings. The van der Waals surface area contributed by atoms with Crippen LogP contribution in [0.4, 0.5) is 0 Å². The number of hydrogen-bond acceptors (Lipinski definition) is 1. The van der Waals surface area contributed by atoms with Gasteiger partial charge in [0, 0.05) is 8.90 Å². The highest BCUT2D eigenvalue weighted by molar-refractivity contribution is 14.1. The lowest BCUT2D eigenvalue weighted by Gasteiger charge is -2.30. The summed E-state index contributed by atoms with van der Waals surface area (Å²) >= 11 is 5.96. The Labute approximate surface area is 132 Å². The van der Waals surface area contributed by atoms with Crippen LogP contribution >= 0.6 is 38.5 Å². The lowest BCUT2D eigenvalue weighted by molar-refractivity contribution is -0.0283. The van der Waals surface area contributed by atoms with E-state index in [1.807, 2.05) is 0 Å². The van der Waals surface area contributed by atoms with E-state index in [4.69, 9.17) is 4.74 Å². The molecule has 1 aromatic carbocycles. The highest BCUT2D eigenvalue weighted by Crippen LogP contribution is 2.31. The smallest absolute Gasteiger partial charge is 0.0918 e. The normalized spacial score (nSPS) is 25.9. The summed E-state index contributed by atoms with van der Waals surface area (Å²) < 4.78 is 8.47. The second kappa shape index (κ2) is 7.25. The Bertz CT molecular complexity index is 383. The van der Waals surface area contributed by atoms with E-state index < -0.39 is 0 Å². The fraction of sp³-hybridized carbons (Fsp3) is 0.600. The molecule has 2 rings (SSSR count). The molecule has 0 heterocycles. The van der Waals surface area contributed by atoms with Crippen molar-refractivity contribution < 1.29 is 4.74 Å². The van der Waals surface area contributed by atoms with E-state index in [1.165, 1.54) is 31.2 Å². The Morgan fingerprint density at radius 1 is 1.44 bits per heavy atom. The molecule has 0 aliphatic heterocycles. The van der Waals surface area contributed by atoms with Gasteiger partial charge in [0.1, 0.15) is 0 Å². The van der Waals surface area contributed by atoms with Gasteiger partial charge in [-0.1, -0.05) is 70.4 Å². The first kappa shape index (κ1) is 14.8. The lowest BCUT2D eigenvalue weighted by Crippen LogP contribution is -2.24. The minimum Gasteiger partial charge on any atom is -0.369 e. The standard InChI is InChI=1S/C15H20BrIO/c1-11-4-2-7-14(8-11)18-15(10-17)12-5-3-6-13(16)9-12/h3,5-6,9,11,14-15H,2,4,7-8,10H2,1H3. The van der Waals surface area contributed by atoms with Crippen LogP contribution in [0.2, 0.25) is 0 Å². The maximum absolute atomic E-state index is 6.32. The van der Waals surface area contributed by atoms with Crippen LogP contribution in [-0.4, -0.2) is 10.5 Å². The summed E-state index contributed by atoms with van der Waals surface area (Å²) in [4.78, 5) is 0. The van der Waals surface area contributed by atoms with Crippen LogP contribution in [0.3, 0.4) is 0 Å². The topological polar surface area (TPSA) is 9.23 Å². The van der Waals surface area contributed by atoms with E-state index in [0.717, 1.165) is 14.8 Å². The Morgan fingerprint density at radius 3 is 2.94 bits per heavy atom. The van der Waals surface area contributed by atoms with Crippen LogP contribution < -0.4 is 0 Å². The molecule has 0 saturated heterocycles. The van der Waals surface area contributed by atoms with Crippen molar-refractivity contribution in [3.8, 4) is 0 Å². The SMILES string of the molecule is CC1CCCC(OC(CI)c2cccc(Br)c2)C1. The molecule has 1 saturated carbocycles. The highest BCUT2D eigenvalue weighted by atomic mass is 127. The van der Waals surface area contributed by atoms with Gasteiger partial charge in [-0.2, -0.15) is 0 Å². The van der Waals surface area contributed by atoms with Crippen molar-refractivity contribution in [3.05, 3.63) is 34.3 Å². The Morgan fingerprint density at radius 2 is 2.28 bits per heavy atom. The van der Waals surface area contributed by atoms with Crippen LogP contribution in [0.15, 0.2) is 28.7 Å². The molecular formula is C15H20BrIO. The van der Waals surface area contributed by atoms with Crippen molar-refractivity contribution >= 4 is 38.5 Å². The first-order valence-corrected chi connectivity index (χ1v) is 8.97. The number of hydrogen-bond donors (Lipinski definition) is 0. The number of benzene rings is 1. The van der Waals surface area contributed by atoms with Crippen molar-refractivity contribution in [2.24, 2.45) is 5.92 Å². The van der Waals surface area contributed by atoms with E-state index >= 15 is 0 Å². The lowest BCUT2D eigenvalue weighted by atomic mass is 9.88. The predicted octanol–water partition coefficient (Wildman–Crippen LogP) is 5.52. The van der Waals surface area contributed by atoms with Crippen molar-refractivity contribution in [1.29, 1.82) is 0 Å².